The van der Waals surface area contributed by atoms with Crippen molar-refractivity contribution in [2.24, 2.45) is 0 Å². The molecule has 0 amide bonds. The Morgan fingerprint density at radius 3 is 2.30 bits per heavy atom. The summed E-state index contributed by atoms with van der Waals surface area (Å²) in [5, 5.41) is 13.2. The van der Waals surface area contributed by atoms with Crippen molar-refractivity contribution in [3.63, 3.8) is 0 Å². The van der Waals surface area contributed by atoms with Crippen LogP contribution in [0.2, 0.25) is 0 Å². The highest BCUT2D eigenvalue weighted by Crippen LogP contribution is 2.31. The van der Waals surface area contributed by atoms with Gasteiger partial charge in [0, 0.05) is 11.4 Å². The van der Waals surface area contributed by atoms with Crippen molar-refractivity contribution < 1.29 is 32.5 Å². The molecule has 30 heavy (non-hydrogen) atoms. The largest absolute Gasteiger partial charge is 0.465 e. The maximum absolute atomic E-state index is 13.0. The van der Waals surface area contributed by atoms with Gasteiger partial charge in [-0.3, -0.25) is 0 Å². The first-order chi connectivity index (χ1) is 13.7. The van der Waals surface area contributed by atoms with E-state index in [4.69, 9.17) is 9.39 Å². The van der Waals surface area contributed by atoms with Crippen LogP contribution in [0.1, 0.15) is 43.6 Å². The lowest BCUT2D eigenvalue weighted by atomic mass is 9.81. The fourth-order valence-electron chi connectivity index (χ4n) is 2.30. The second-order valence-corrected chi connectivity index (χ2v) is 7.80. The molecule has 161 valence electrons. The van der Waals surface area contributed by atoms with Crippen LogP contribution in [0.3, 0.4) is 0 Å². The van der Waals surface area contributed by atoms with Crippen LogP contribution in [0.4, 0.5) is 24.5 Å². The third kappa shape index (κ3) is 5.76. The molecule has 0 aromatic heterocycles. The van der Waals surface area contributed by atoms with Crippen molar-refractivity contribution in [1.82, 2.24) is 0 Å². The monoisotopic (exact) mass is 422 g/mol. The van der Waals surface area contributed by atoms with Crippen LogP contribution in [-0.2, 0) is 15.6 Å². The molecule has 2 N–H and O–H groups in total. The van der Waals surface area contributed by atoms with Crippen LogP contribution < -0.4 is 10.8 Å². The van der Waals surface area contributed by atoms with Crippen molar-refractivity contribution in [3.05, 3.63) is 53.6 Å². The number of esters is 1. The van der Waals surface area contributed by atoms with Crippen molar-refractivity contribution in [2.75, 3.05) is 12.4 Å². The third-order valence-electron chi connectivity index (χ3n) is 4.90. The van der Waals surface area contributed by atoms with Gasteiger partial charge < -0.3 is 19.8 Å². The lowest BCUT2D eigenvalue weighted by molar-refractivity contribution is -0.137. The minimum atomic E-state index is -4.47. The number of hydrogen-bond donors (Lipinski definition) is 2. The summed E-state index contributed by atoms with van der Waals surface area (Å²) in [6.07, 6.45) is -4.47. The van der Waals surface area contributed by atoms with E-state index >= 15 is 0 Å². The van der Waals surface area contributed by atoms with Crippen LogP contribution >= 0.6 is 0 Å². The van der Waals surface area contributed by atoms with E-state index in [1.165, 1.54) is 38.9 Å². The smallest absolute Gasteiger partial charge is 0.416 e. The Balaban J connectivity index is 2.38. The first-order valence-electron chi connectivity index (χ1n) is 9.14. The molecule has 0 saturated heterocycles. The maximum atomic E-state index is 13.0. The first kappa shape index (κ1) is 23.8. The predicted molar refractivity (Wildman–Crippen MR) is 109 cm³/mol. The van der Waals surface area contributed by atoms with E-state index in [1.807, 2.05) is 0 Å². The molecular weight excluding hydrogens is 398 g/mol. The second-order valence-electron chi connectivity index (χ2n) is 7.80. The number of rotatable bonds is 7. The maximum Gasteiger partial charge on any atom is 0.416 e. The number of carbonyl (C=O) groups excluding carboxylic acids is 1. The summed E-state index contributed by atoms with van der Waals surface area (Å²) in [4.78, 5) is 11.9. The van der Waals surface area contributed by atoms with Gasteiger partial charge in [-0.1, -0.05) is 6.07 Å². The molecule has 0 aliphatic heterocycles. The highest BCUT2D eigenvalue weighted by molar-refractivity contribution is 6.50. The van der Waals surface area contributed by atoms with Gasteiger partial charge in [-0.15, -0.1) is 0 Å². The van der Waals surface area contributed by atoms with Gasteiger partial charge in [0.1, 0.15) is 0 Å². The van der Waals surface area contributed by atoms with Crippen LogP contribution in [0.15, 0.2) is 42.5 Å². The van der Waals surface area contributed by atoms with Crippen LogP contribution in [0.5, 0.6) is 0 Å². The lowest BCUT2D eigenvalue weighted by Crippen LogP contribution is -2.49. The van der Waals surface area contributed by atoms with E-state index in [0.29, 0.717) is 11.2 Å². The van der Waals surface area contributed by atoms with E-state index in [9.17, 15) is 23.1 Å². The van der Waals surface area contributed by atoms with E-state index in [0.717, 1.165) is 12.1 Å². The van der Waals surface area contributed by atoms with Gasteiger partial charge in [0.05, 0.1) is 29.4 Å². The Bertz CT molecular complexity index is 908. The molecular formula is C21H24BF3NO4. The van der Waals surface area contributed by atoms with E-state index < -0.39 is 28.9 Å². The zero-order valence-corrected chi connectivity index (χ0v) is 17.4. The van der Waals surface area contributed by atoms with Crippen LogP contribution in [-0.4, -0.2) is 36.9 Å². The normalized spacial score (nSPS) is 12.4. The van der Waals surface area contributed by atoms with Crippen molar-refractivity contribution in [2.45, 2.75) is 45.1 Å². The molecule has 2 aromatic rings. The highest BCUT2D eigenvalue weighted by atomic mass is 19.4. The van der Waals surface area contributed by atoms with Crippen molar-refractivity contribution >= 4 is 30.3 Å². The Morgan fingerprint density at radius 2 is 1.73 bits per heavy atom. The SMILES string of the molecule is COC(=O)c1ccc(Nc2cccc(C(F)(F)F)c2)c([B]OC(C)(C)C(C)(C)O)c1. The first-order valence-corrected chi connectivity index (χ1v) is 9.14. The number of benzene rings is 2. The third-order valence-corrected chi connectivity index (χ3v) is 4.90. The highest BCUT2D eigenvalue weighted by Gasteiger charge is 2.36. The molecule has 0 saturated carbocycles. The number of alkyl halides is 3. The fraction of sp³-hybridized carbons (Fsp3) is 0.381. The number of nitrogens with one attached hydrogen (secondary N) is 1. The van der Waals surface area contributed by atoms with Gasteiger partial charge in [0.25, 0.3) is 0 Å². The molecule has 0 aliphatic rings. The molecule has 0 fully saturated rings. The molecule has 5 nitrogen and oxygen atoms in total. The Kier molecular flexibility index (Phi) is 6.88. The van der Waals surface area contributed by atoms with Gasteiger partial charge in [-0.05, 0) is 69.6 Å². The predicted octanol–water partition coefficient (Wildman–Crippen LogP) is 4.05. The summed E-state index contributed by atoms with van der Waals surface area (Å²) >= 11 is 0. The average Bonchev–Trinajstić information content (AvgIpc) is 2.65. The zero-order chi connectivity index (χ0) is 22.7. The Labute approximate surface area is 174 Å². The van der Waals surface area contributed by atoms with Crippen molar-refractivity contribution in [1.29, 1.82) is 0 Å². The number of halogens is 3. The summed E-state index contributed by atoms with van der Waals surface area (Å²) < 4.78 is 49.5. The molecule has 0 bridgehead atoms. The summed E-state index contributed by atoms with van der Waals surface area (Å²) in [5.41, 5.74) is -1.69. The van der Waals surface area contributed by atoms with Gasteiger partial charge in [-0.2, -0.15) is 13.2 Å². The van der Waals surface area contributed by atoms with Gasteiger partial charge in [0.2, 0.25) is 0 Å². The molecule has 0 unspecified atom stereocenters. The molecule has 0 atom stereocenters. The Morgan fingerprint density at radius 1 is 1.07 bits per heavy atom. The summed E-state index contributed by atoms with van der Waals surface area (Å²) in [5.74, 6) is -0.572. The number of aliphatic hydroxyl groups is 1. The molecule has 2 aromatic carbocycles. The number of methoxy groups -OCH3 is 1. The van der Waals surface area contributed by atoms with Crippen LogP contribution in [0, 0.1) is 0 Å². The summed E-state index contributed by atoms with van der Waals surface area (Å²) in [6, 6.07) is 9.27. The summed E-state index contributed by atoms with van der Waals surface area (Å²) in [6.45, 7) is 6.56. The van der Waals surface area contributed by atoms with Gasteiger partial charge in [-0.25, -0.2) is 4.79 Å². The molecule has 9 heteroatoms. The summed E-state index contributed by atoms with van der Waals surface area (Å²) in [7, 11) is 2.59. The molecule has 0 aliphatic carbocycles. The topological polar surface area (TPSA) is 67.8 Å². The number of hydrogen-bond acceptors (Lipinski definition) is 5. The molecule has 1 radical (unpaired) electrons. The second kappa shape index (κ2) is 8.69. The Hall–Kier alpha value is -2.52. The van der Waals surface area contributed by atoms with Crippen LogP contribution in [0.25, 0.3) is 0 Å². The fourth-order valence-corrected chi connectivity index (χ4v) is 2.30. The molecule has 0 spiro atoms. The number of carbonyl (C=O) groups is 1. The lowest BCUT2D eigenvalue weighted by Gasteiger charge is -2.37. The number of anilines is 2. The average molecular weight is 422 g/mol. The van der Waals surface area contributed by atoms with E-state index in [1.54, 1.807) is 33.8 Å². The van der Waals surface area contributed by atoms with Crippen molar-refractivity contribution in [3.8, 4) is 0 Å². The molecule has 0 heterocycles. The van der Waals surface area contributed by atoms with Gasteiger partial charge >= 0.3 is 19.6 Å². The molecule has 2 rings (SSSR count). The standard InChI is InChI=1S/C21H24BF3NO4/c1-19(2,28)20(3,4)30-22-16-11-13(18(27)29-5)9-10-17(16)26-15-8-6-7-14(12-15)21(23,24)25/h6-12,26,28H,1-5H3. The van der Waals surface area contributed by atoms with E-state index in [2.05, 4.69) is 5.32 Å². The minimum Gasteiger partial charge on any atom is -0.465 e. The minimum absolute atomic E-state index is 0.215. The number of ether oxygens (including phenoxy) is 1. The quantitative estimate of drug-likeness (QED) is 0.521. The van der Waals surface area contributed by atoms with Gasteiger partial charge in [0.15, 0.2) is 0 Å². The zero-order valence-electron chi connectivity index (χ0n) is 17.4. The van der Waals surface area contributed by atoms with E-state index in [-0.39, 0.29) is 11.3 Å².